The van der Waals surface area contributed by atoms with E-state index in [9.17, 15) is 5.26 Å². The maximum Gasteiger partial charge on any atom is 0.122 e. The van der Waals surface area contributed by atoms with Crippen LogP contribution in [0.25, 0.3) is 10.9 Å². The topological polar surface area (TPSA) is 38.0 Å². The summed E-state index contributed by atoms with van der Waals surface area (Å²) < 4.78 is 8.66. The number of rotatable bonds is 5. The van der Waals surface area contributed by atoms with Crippen molar-refractivity contribution in [3.63, 3.8) is 0 Å². The number of nitrogens with zero attached hydrogens (tertiary/aromatic N) is 2. The summed E-state index contributed by atoms with van der Waals surface area (Å²) in [4.78, 5) is 0. The summed E-state index contributed by atoms with van der Waals surface area (Å²) in [6, 6.07) is 6.98. The van der Waals surface area contributed by atoms with E-state index in [4.69, 9.17) is 16.3 Å². The van der Waals surface area contributed by atoms with Crippen molar-refractivity contribution in [2.24, 2.45) is 0 Å². The predicted molar refractivity (Wildman–Crippen MR) is 93.5 cm³/mol. The van der Waals surface area contributed by atoms with Crippen LogP contribution in [-0.4, -0.2) is 19.2 Å². The molecule has 1 aromatic heterocycles. The number of hydrogen-bond acceptors (Lipinski definition) is 2. The van der Waals surface area contributed by atoms with Gasteiger partial charge in [0.15, 0.2) is 0 Å². The molecule has 0 aliphatic carbocycles. The van der Waals surface area contributed by atoms with Gasteiger partial charge in [0, 0.05) is 30.7 Å². The summed E-state index contributed by atoms with van der Waals surface area (Å²) in [5.74, 6) is 0. The molecule has 0 fully saturated rings. The highest BCUT2D eigenvalue weighted by molar-refractivity contribution is 9.10. The first-order chi connectivity index (χ1) is 9.83. The van der Waals surface area contributed by atoms with Crippen LogP contribution in [0.2, 0.25) is 30.7 Å². The molecule has 0 spiro atoms. The summed E-state index contributed by atoms with van der Waals surface area (Å²) in [6.45, 7) is 8.15. The molecule has 1 aromatic carbocycles. The number of nitriles is 1. The third-order valence-corrected chi connectivity index (χ3v) is 5.93. The summed E-state index contributed by atoms with van der Waals surface area (Å²) in [5, 5.41) is 10.8. The lowest BCUT2D eigenvalue weighted by Crippen LogP contribution is -2.22. The van der Waals surface area contributed by atoms with E-state index in [1.54, 1.807) is 6.07 Å². The molecule has 2 aromatic rings. The summed E-state index contributed by atoms with van der Waals surface area (Å²) >= 11 is 9.64. The number of hydrogen-bond donors (Lipinski definition) is 0. The third kappa shape index (κ3) is 3.89. The van der Waals surface area contributed by atoms with Gasteiger partial charge < -0.3 is 9.30 Å². The third-order valence-electron chi connectivity index (χ3n) is 3.28. The molecule has 21 heavy (non-hydrogen) atoms. The number of benzene rings is 1. The fraction of sp³-hybridized carbons (Fsp3) is 0.400. The van der Waals surface area contributed by atoms with E-state index < -0.39 is 8.07 Å². The Bertz CT molecular complexity index is 700. The van der Waals surface area contributed by atoms with Crippen molar-refractivity contribution < 1.29 is 4.74 Å². The van der Waals surface area contributed by atoms with Gasteiger partial charge in [-0.1, -0.05) is 37.3 Å². The molecule has 0 radical (unpaired) electrons. The van der Waals surface area contributed by atoms with Gasteiger partial charge in [0.25, 0.3) is 0 Å². The Morgan fingerprint density at radius 2 is 2.10 bits per heavy atom. The van der Waals surface area contributed by atoms with Crippen LogP contribution in [0.15, 0.2) is 22.8 Å². The highest BCUT2D eigenvalue weighted by Gasteiger charge is 2.15. The molecule has 3 nitrogen and oxygen atoms in total. The molecule has 0 unspecified atom stereocenters. The molecular formula is C15H18BrClN2OSi. The minimum absolute atomic E-state index is 0.432. The van der Waals surface area contributed by atoms with Crippen molar-refractivity contribution in [1.29, 1.82) is 5.26 Å². The predicted octanol–water partition coefficient (Wildman–Crippen LogP) is 5.24. The molecule has 0 aliphatic heterocycles. The molecule has 0 amide bonds. The fourth-order valence-electron chi connectivity index (χ4n) is 2.08. The van der Waals surface area contributed by atoms with Crippen LogP contribution in [0.3, 0.4) is 0 Å². The maximum atomic E-state index is 9.33. The van der Waals surface area contributed by atoms with Gasteiger partial charge in [-0.2, -0.15) is 5.26 Å². The van der Waals surface area contributed by atoms with E-state index in [1.165, 1.54) is 0 Å². The molecule has 112 valence electrons. The van der Waals surface area contributed by atoms with Gasteiger partial charge in [0.1, 0.15) is 12.8 Å². The van der Waals surface area contributed by atoms with E-state index in [2.05, 4.69) is 41.6 Å². The first kappa shape index (κ1) is 16.6. The monoisotopic (exact) mass is 384 g/mol. The first-order valence-corrected chi connectivity index (χ1v) is 11.7. The van der Waals surface area contributed by atoms with Crippen molar-refractivity contribution in [3.05, 3.63) is 33.4 Å². The minimum Gasteiger partial charge on any atom is -0.361 e. The van der Waals surface area contributed by atoms with E-state index in [1.807, 2.05) is 16.8 Å². The Kier molecular flexibility index (Phi) is 5.15. The molecule has 2 rings (SSSR count). The Hall–Kier alpha value is -0.803. The molecule has 0 saturated heterocycles. The standard InChI is InChI=1S/C15H18BrClN2OSi/c1-21(2,3)7-6-20-10-19-9-13(16)11-4-5-14(17)12(8-18)15(11)19/h4-5,9H,6-7,10H2,1-3H3. The number of ether oxygens (including phenoxy) is 1. The second-order valence-electron chi connectivity index (χ2n) is 6.23. The average molecular weight is 386 g/mol. The van der Waals surface area contributed by atoms with Crippen LogP contribution >= 0.6 is 27.5 Å². The van der Waals surface area contributed by atoms with Crippen LogP contribution in [0.1, 0.15) is 5.56 Å². The lowest BCUT2D eigenvalue weighted by molar-refractivity contribution is 0.0901. The molecule has 0 saturated carbocycles. The van der Waals surface area contributed by atoms with Crippen LogP contribution in [0.4, 0.5) is 0 Å². The maximum absolute atomic E-state index is 9.33. The smallest absolute Gasteiger partial charge is 0.122 e. The zero-order chi connectivity index (χ0) is 15.6. The summed E-state index contributed by atoms with van der Waals surface area (Å²) in [7, 11) is -1.09. The quantitative estimate of drug-likeness (QED) is 0.521. The lowest BCUT2D eigenvalue weighted by Gasteiger charge is -2.16. The van der Waals surface area contributed by atoms with Crippen molar-refractivity contribution >= 4 is 46.5 Å². The van der Waals surface area contributed by atoms with Gasteiger partial charge in [-0.25, -0.2) is 0 Å². The summed E-state index contributed by atoms with van der Waals surface area (Å²) in [6.07, 6.45) is 1.94. The molecule has 0 bridgehead atoms. The van der Waals surface area contributed by atoms with Crippen LogP contribution in [-0.2, 0) is 11.5 Å². The van der Waals surface area contributed by atoms with Crippen LogP contribution < -0.4 is 0 Å². The number of aromatic nitrogens is 1. The van der Waals surface area contributed by atoms with Gasteiger partial charge in [0.05, 0.1) is 16.1 Å². The van der Waals surface area contributed by atoms with E-state index in [-0.39, 0.29) is 0 Å². The Morgan fingerprint density at radius 3 is 2.71 bits per heavy atom. The second-order valence-corrected chi connectivity index (χ2v) is 13.1. The Morgan fingerprint density at radius 1 is 1.38 bits per heavy atom. The van der Waals surface area contributed by atoms with Gasteiger partial charge in [-0.05, 0) is 28.0 Å². The minimum atomic E-state index is -1.09. The van der Waals surface area contributed by atoms with Crippen molar-refractivity contribution in [2.45, 2.75) is 32.4 Å². The van der Waals surface area contributed by atoms with Crippen LogP contribution in [0.5, 0.6) is 0 Å². The molecular weight excluding hydrogens is 368 g/mol. The molecule has 1 heterocycles. The van der Waals surface area contributed by atoms with Gasteiger partial charge in [0.2, 0.25) is 0 Å². The molecule has 0 N–H and O–H groups in total. The average Bonchev–Trinajstić information content (AvgIpc) is 2.71. The van der Waals surface area contributed by atoms with Gasteiger partial charge in [-0.15, -0.1) is 0 Å². The van der Waals surface area contributed by atoms with Crippen molar-refractivity contribution in [3.8, 4) is 6.07 Å². The van der Waals surface area contributed by atoms with Crippen molar-refractivity contribution in [1.82, 2.24) is 4.57 Å². The zero-order valence-electron chi connectivity index (χ0n) is 12.4. The first-order valence-electron chi connectivity index (χ1n) is 6.78. The Labute approximate surface area is 139 Å². The van der Waals surface area contributed by atoms with Gasteiger partial charge >= 0.3 is 0 Å². The fourth-order valence-corrected chi connectivity index (χ4v) is 3.60. The highest BCUT2D eigenvalue weighted by Crippen LogP contribution is 2.32. The Balaban J connectivity index is 2.25. The molecule has 0 aliphatic rings. The van der Waals surface area contributed by atoms with E-state index >= 15 is 0 Å². The highest BCUT2D eigenvalue weighted by atomic mass is 79.9. The van der Waals surface area contributed by atoms with E-state index in [0.29, 0.717) is 17.3 Å². The SMILES string of the molecule is C[Si](C)(C)CCOCn1cc(Br)c2ccc(Cl)c(C#N)c21. The number of halogens is 2. The van der Waals surface area contributed by atoms with Crippen LogP contribution in [0, 0.1) is 11.3 Å². The lowest BCUT2D eigenvalue weighted by atomic mass is 10.1. The number of fused-ring (bicyclic) bond motifs is 1. The summed E-state index contributed by atoms with van der Waals surface area (Å²) in [5.41, 5.74) is 1.32. The van der Waals surface area contributed by atoms with Gasteiger partial charge in [-0.3, -0.25) is 0 Å². The normalized spacial score (nSPS) is 11.8. The van der Waals surface area contributed by atoms with Crippen molar-refractivity contribution in [2.75, 3.05) is 6.61 Å². The molecule has 6 heteroatoms. The molecule has 0 atom stereocenters. The second kappa shape index (κ2) is 6.53. The van der Waals surface area contributed by atoms with E-state index in [0.717, 1.165) is 28.0 Å². The zero-order valence-corrected chi connectivity index (χ0v) is 15.8. The largest absolute Gasteiger partial charge is 0.361 e.